The normalized spacial score (nSPS) is 12.8. The van der Waals surface area contributed by atoms with Gasteiger partial charge in [0.25, 0.3) is 0 Å². The smallest absolute Gasteiger partial charge is 0.471 e. The number of aliphatic carboxylic acids is 1. The Hall–Kier alpha value is -2.12. The fourth-order valence-corrected chi connectivity index (χ4v) is 1.60. The first-order valence-electron chi connectivity index (χ1n) is 5.52. The van der Waals surface area contributed by atoms with E-state index in [0.717, 1.165) is 12.1 Å². The first-order chi connectivity index (χ1) is 9.18. The van der Waals surface area contributed by atoms with Crippen LogP contribution in [0.1, 0.15) is 12.0 Å². The molecule has 0 unspecified atom stereocenters. The Bertz CT molecular complexity index is 502. The number of carbonyl (C=O) groups is 2. The van der Waals surface area contributed by atoms with Gasteiger partial charge in [-0.3, -0.25) is 9.59 Å². The van der Waals surface area contributed by atoms with E-state index in [9.17, 15) is 27.2 Å². The summed E-state index contributed by atoms with van der Waals surface area (Å²) in [4.78, 5) is 21.4. The minimum absolute atomic E-state index is 0.216. The lowest BCUT2D eigenvalue weighted by molar-refractivity contribution is -0.174. The van der Waals surface area contributed by atoms with Gasteiger partial charge < -0.3 is 10.4 Å². The van der Waals surface area contributed by atoms with Crippen LogP contribution in [0.5, 0.6) is 0 Å². The van der Waals surface area contributed by atoms with Crippen molar-refractivity contribution in [3.63, 3.8) is 0 Å². The Kier molecular flexibility index (Phi) is 5.06. The molecular formula is C12H11F4NO3. The standard InChI is InChI=1S/C12H11F4NO3/c13-8-3-1-2-7(4-8)5-9(6-10(18)19)17-11(20)12(14,15)16/h1-4,9H,5-6H2,(H,17,20)(H,18,19)/t9-/m1/s1. The van der Waals surface area contributed by atoms with Crippen molar-refractivity contribution in [1.29, 1.82) is 0 Å². The van der Waals surface area contributed by atoms with Crippen molar-refractivity contribution >= 4 is 11.9 Å². The van der Waals surface area contributed by atoms with Gasteiger partial charge in [-0.15, -0.1) is 0 Å². The topological polar surface area (TPSA) is 66.4 Å². The number of alkyl halides is 3. The lowest BCUT2D eigenvalue weighted by Gasteiger charge is -2.18. The third-order valence-corrected chi connectivity index (χ3v) is 2.38. The molecule has 1 atom stereocenters. The minimum Gasteiger partial charge on any atom is -0.481 e. The van der Waals surface area contributed by atoms with E-state index >= 15 is 0 Å². The van der Waals surface area contributed by atoms with Gasteiger partial charge in [0.15, 0.2) is 0 Å². The molecule has 0 saturated carbocycles. The highest BCUT2D eigenvalue weighted by atomic mass is 19.4. The molecule has 0 heterocycles. The summed E-state index contributed by atoms with van der Waals surface area (Å²) in [5.41, 5.74) is 0.290. The van der Waals surface area contributed by atoms with Crippen molar-refractivity contribution in [3.8, 4) is 0 Å². The molecule has 2 N–H and O–H groups in total. The van der Waals surface area contributed by atoms with Gasteiger partial charge in [-0.1, -0.05) is 12.1 Å². The zero-order valence-corrected chi connectivity index (χ0v) is 10.1. The molecule has 1 rings (SSSR count). The van der Waals surface area contributed by atoms with Crippen LogP contribution < -0.4 is 5.32 Å². The molecule has 0 aliphatic carbocycles. The van der Waals surface area contributed by atoms with Crippen LogP contribution in [0.15, 0.2) is 24.3 Å². The van der Waals surface area contributed by atoms with Crippen molar-refractivity contribution < 1.29 is 32.3 Å². The molecule has 1 amide bonds. The lowest BCUT2D eigenvalue weighted by atomic mass is 10.0. The summed E-state index contributed by atoms with van der Waals surface area (Å²) in [6, 6.07) is 3.70. The van der Waals surface area contributed by atoms with Crippen LogP contribution in [0.3, 0.4) is 0 Å². The monoisotopic (exact) mass is 293 g/mol. The fraction of sp³-hybridized carbons (Fsp3) is 0.333. The molecule has 0 aliphatic rings. The zero-order chi connectivity index (χ0) is 15.3. The number of halogens is 4. The molecule has 1 aromatic carbocycles. The highest BCUT2D eigenvalue weighted by molar-refractivity contribution is 5.82. The molecule has 20 heavy (non-hydrogen) atoms. The van der Waals surface area contributed by atoms with E-state index in [-0.39, 0.29) is 6.42 Å². The summed E-state index contributed by atoms with van der Waals surface area (Å²) < 4.78 is 49.3. The van der Waals surface area contributed by atoms with Crippen LogP contribution in [0, 0.1) is 5.82 Å². The van der Waals surface area contributed by atoms with E-state index in [1.807, 2.05) is 0 Å². The predicted octanol–water partition coefficient (Wildman–Crippen LogP) is 1.89. The minimum atomic E-state index is -5.10. The Balaban J connectivity index is 2.79. The molecule has 0 aliphatic heterocycles. The van der Waals surface area contributed by atoms with Crippen molar-refractivity contribution in [2.75, 3.05) is 0 Å². The van der Waals surface area contributed by atoms with Gasteiger partial charge in [0, 0.05) is 6.04 Å². The van der Waals surface area contributed by atoms with Gasteiger partial charge in [0.2, 0.25) is 0 Å². The van der Waals surface area contributed by atoms with E-state index in [2.05, 4.69) is 0 Å². The van der Waals surface area contributed by atoms with Crippen LogP contribution >= 0.6 is 0 Å². The number of rotatable bonds is 5. The maximum atomic E-state index is 12.9. The van der Waals surface area contributed by atoms with Crippen molar-refractivity contribution in [2.24, 2.45) is 0 Å². The van der Waals surface area contributed by atoms with Crippen molar-refractivity contribution in [2.45, 2.75) is 25.1 Å². The van der Waals surface area contributed by atoms with Gasteiger partial charge >= 0.3 is 18.1 Å². The molecule has 110 valence electrons. The van der Waals surface area contributed by atoms with Crippen molar-refractivity contribution in [1.82, 2.24) is 5.32 Å². The summed E-state index contributed by atoms with van der Waals surface area (Å²) in [5.74, 6) is -4.19. The average Bonchev–Trinajstić information content (AvgIpc) is 2.26. The van der Waals surface area contributed by atoms with Crippen molar-refractivity contribution in [3.05, 3.63) is 35.6 Å². The first kappa shape index (κ1) is 15.9. The number of carboxylic acids is 1. The molecule has 0 spiro atoms. The molecular weight excluding hydrogens is 282 g/mol. The summed E-state index contributed by atoms with van der Waals surface area (Å²) in [7, 11) is 0. The maximum absolute atomic E-state index is 12.9. The third-order valence-electron chi connectivity index (χ3n) is 2.38. The lowest BCUT2D eigenvalue weighted by Crippen LogP contribution is -2.45. The average molecular weight is 293 g/mol. The molecule has 0 fully saturated rings. The highest BCUT2D eigenvalue weighted by Crippen LogP contribution is 2.16. The number of nitrogens with one attached hydrogen (secondary N) is 1. The fourth-order valence-electron chi connectivity index (χ4n) is 1.60. The summed E-state index contributed by atoms with van der Waals surface area (Å²) >= 11 is 0. The predicted molar refractivity (Wildman–Crippen MR) is 60.3 cm³/mol. The van der Waals surface area contributed by atoms with Gasteiger partial charge in [-0.25, -0.2) is 4.39 Å². The maximum Gasteiger partial charge on any atom is 0.471 e. The van der Waals surface area contributed by atoms with E-state index in [4.69, 9.17) is 5.11 Å². The Morgan fingerprint density at radius 2 is 1.95 bits per heavy atom. The van der Waals surface area contributed by atoms with E-state index in [1.54, 1.807) is 5.32 Å². The number of amides is 1. The second-order valence-electron chi connectivity index (χ2n) is 4.10. The summed E-state index contributed by atoms with van der Waals surface area (Å²) in [5, 5.41) is 10.2. The quantitative estimate of drug-likeness (QED) is 0.815. The third kappa shape index (κ3) is 5.25. The Morgan fingerprint density at radius 1 is 1.30 bits per heavy atom. The zero-order valence-electron chi connectivity index (χ0n) is 10.1. The van der Waals surface area contributed by atoms with E-state index in [1.165, 1.54) is 12.1 Å². The Labute approximate surface area is 111 Å². The summed E-state index contributed by atoms with van der Waals surface area (Å²) in [6.45, 7) is 0. The van der Waals surface area contributed by atoms with Crippen LogP contribution in [0.2, 0.25) is 0 Å². The molecule has 0 bridgehead atoms. The second-order valence-corrected chi connectivity index (χ2v) is 4.10. The van der Waals surface area contributed by atoms with Crippen LogP contribution in [0.25, 0.3) is 0 Å². The molecule has 0 aromatic heterocycles. The number of hydrogen-bond donors (Lipinski definition) is 2. The molecule has 8 heteroatoms. The van der Waals surface area contributed by atoms with Crippen LogP contribution in [-0.2, 0) is 16.0 Å². The van der Waals surface area contributed by atoms with Gasteiger partial charge in [0.1, 0.15) is 5.82 Å². The van der Waals surface area contributed by atoms with Gasteiger partial charge in [-0.2, -0.15) is 13.2 Å². The highest BCUT2D eigenvalue weighted by Gasteiger charge is 2.39. The second kappa shape index (κ2) is 6.36. The molecule has 1 aromatic rings. The van der Waals surface area contributed by atoms with E-state index in [0.29, 0.717) is 5.56 Å². The number of benzene rings is 1. The number of carboxylic acid groups (broad SMARTS) is 1. The molecule has 0 saturated heterocycles. The van der Waals surface area contributed by atoms with Crippen LogP contribution in [-0.4, -0.2) is 29.2 Å². The van der Waals surface area contributed by atoms with Gasteiger partial charge in [-0.05, 0) is 24.1 Å². The SMILES string of the molecule is O=C(O)C[C@@H](Cc1cccc(F)c1)NC(=O)C(F)(F)F. The van der Waals surface area contributed by atoms with Crippen LogP contribution in [0.4, 0.5) is 17.6 Å². The number of carbonyl (C=O) groups excluding carboxylic acids is 1. The molecule has 0 radical (unpaired) electrons. The molecule has 4 nitrogen and oxygen atoms in total. The Morgan fingerprint density at radius 3 is 2.45 bits per heavy atom. The number of hydrogen-bond acceptors (Lipinski definition) is 2. The van der Waals surface area contributed by atoms with Gasteiger partial charge in [0.05, 0.1) is 6.42 Å². The first-order valence-corrected chi connectivity index (χ1v) is 5.52. The van der Waals surface area contributed by atoms with E-state index < -0.39 is 36.3 Å². The summed E-state index contributed by atoms with van der Waals surface area (Å²) in [6.07, 6.45) is -6.01. The largest absolute Gasteiger partial charge is 0.481 e.